The molecule has 14 heteroatoms. The summed E-state index contributed by atoms with van der Waals surface area (Å²) in [7, 11) is -6.90. The number of rotatable bonds is 8. The highest BCUT2D eigenvalue weighted by atomic mass is 31.2. The Hall–Kier alpha value is -3.68. The number of fused-ring (bicyclic) bond motifs is 1. The average Bonchev–Trinajstić information content (AvgIpc) is 3.57. The summed E-state index contributed by atoms with van der Waals surface area (Å²) in [6.45, 7) is 3.80. The van der Waals surface area contributed by atoms with Gasteiger partial charge in [-0.3, -0.25) is 23.4 Å². The van der Waals surface area contributed by atoms with Crippen molar-refractivity contribution in [3.05, 3.63) is 71.3 Å². The van der Waals surface area contributed by atoms with Gasteiger partial charge in [-0.1, -0.05) is 67.7 Å². The van der Waals surface area contributed by atoms with Crippen molar-refractivity contribution in [3.63, 3.8) is 0 Å². The van der Waals surface area contributed by atoms with Crippen molar-refractivity contribution in [1.82, 2.24) is 19.5 Å². The van der Waals surface area contributed by atoms with Crippen molar-refractivity contribution in [2.45, 2.75) is 38.0 Å². The topological polar surface area (TPSA) is 175 Å². The minimum atomic E-state index is -4.49. The highest BCUT2D eigenvalue weighted by Crippen LogP contribution is 2.45. The number of nitrogens with two attached hydrogens (primary N) is 1. The molecular weight excluding hydrogens is 589 g/mol. The number of aliphatic hydroxyl groups is 1. The molecule has 3 heterocycles. The second kappa shape index (κ2) is 10.2. The molecule has 2 aromatic heterocycles. The second-order valence-corrected chi connectivity index (χ2v) is 17.6. The Balaban J connectivity index is 1.05. The number of ether oxygens (including phenoxy) is 1. The van der Waals surface area contributed by atoms with Crippen LogP contribution in [0.4, 0.5) is 5.95 Å². The van der Waals surface area contributed by atoms with Gasteiger partial charge in [-0.15, -0.1) is 0 Å². The summed E-state index contributed by atoms with van der Waals surface area (Å²) in [6.07, 6.45) is -1.12. The van der Waals surface area contributed by atoms with Crippen LogP contribution in [0.1, 0.15) is 12.6 Å². The third kappa shape index (κ3) is 4.92. The van der Waals surface area contributed by atoms with Crippen LogP contribution < -0.4 is 16.5 Å². The lowest BCUT2D eigenvalue weighted by molar-refractivity contribution is -0.0434. The van der Waals surface area contributed by atoms with Crippen LogP contribution in [0.2, 0.25) is 13.1 Å². The Morgan fingerprint density at radius 1 is 1.09 bits per heavy atom. The molecule has 0 radical (unpaired) electrons. The number of hydrogen-bond donors (Lipinski definition) is 4. The number of phosphoric ester groups is 1. The molecule has 1 saturated heterocycles. The van der Waals surface area contributed by atoms with Gasteiger partial charge in [0.25, 0.3) is 5.56 Å². The normalized spacial score (nSPS) is 21.0. The van der Waals surface area contributed by atoms with E-state index in [1.165, 1.54) is 32.4 Å². The highest BCUT2D eigenvalue weighted by Gasteiger charge is 2.39. The Kier molecular flexibility index (Phi) is 6.67. The van der Waals surface area contributed by atoms with Crippen molar-refractivity contribution >= 4 is 70.5 Å². The van der Waals surface area contributed by atoms with E-state index in [1.54, 1.807) is 0 Å². The van der Waals surface area contributed by atoms with Crippen LogP contribution in [-0.2, 0) is 18.3 Å². The smallest absolute Gasteiger partial charge is 0.390 e. The third-order valence-corrected chi connectivity index (χ3v) is 12.1. The van der Waals surface area contributed by atoms with Gasteiger partial charge in [0, 0.05) is 6.42 Å². The van der Waals surface area contributed by atoms with E-state index >= 15 is 0 Å². The van der Waals surface area contributed by atoms with Crippen molar-refractivity contribution in [2.75, 3.05) is 18.6 Å². The standard InChI is InChI=1S/C29H30N5O7PSi/c1-43(2,22-11-9-18-7-6-16-4-3-5-17-8-10-19(22)25(18)24(16)17)15-40-42(37,38)39-13-21-20(35)12-23(41-21)34-14-31-26-27(34)32-29(30)33-28(26)36/h3-11,14,20-21,23,35H,12-13,15H2,1-2H3,(H,37,38)(H3,30,32,33,36)/t20-,21+,23+/m0/s1. The maximum Gasteiger partial charge on any atom is 0.471 e. The van der Waals surface area contributed by atoms with Crippen molar-refractivity contribution in [2.24, 2.45) is 0 Å². The first-order valence-corrected chi connectivity index (χ1v) is 18.6. The molecule has 0 spiro atoms. The number of nitrogens with one attached hydrogen (secondary N) is 1. The Labute approximate surface area is 246 Å². The molecule has 0 aliphatic carbocycles. The largest absolute Gasteiger partial charge is 0.471 e. The van der Waals surface area contributed by atoms with Crippen molar-refractivity contribution in [1.29, 1.82) is 0 Å². The molecule has 0 saturated carbocycles. The van der Waals surface area contributed by atoms with Crippen molar-refractivity contribution < 1.29 is 28.3 Å². The average molecular weight is 620 g/mol. The van der Waals surface area contributed by atoms with E-state index in [0.29, 0.717) is 0 Å². The molecule has 6 aromatic rings. The lowest BCUT2D eigenvalue weighted by Crippen LogP contribution is -2.46. The fourth-order valence-electron chi connectivity index (χ4n) is 6.04. The number of anilines is 1. The van der Waals surface area contributed by atoms with Crippen LogP contribution in [-0.4, -0.2) is 62.6 Å². The minimum absolute atomic E-state index is 0.0457. The van der Waals surface area contributed by atoms with E-state index in [9.17, 15) is 19.4 Å². The number of imidazole rings is 1. The Morgan fingerprint density at radius 2 is 1.79 bits per heavy atom. The third-order valence-electron chi connectivity index (χ3n) is 8.21. The van der Waals surface area contributed by atoms with E-state index < -0.39 is 39.9 Å². The summed E-state index contributed by atoms with van der Waals surface area (Å²) in [5.74, 6) is -0.0791. The predicted octanol–water partition coefficient (Wildman–Crippen LogP) is 3.54. The van der Waals surface area contributed by atoms with E-state index in [-0.39, 0.29) is 36.4 Å². The molecule has 4 aromatic carbocycles. The van der Waals surface area contributed by atoms with E-state index in [2.05, 4.69) is 82.6 Å². The SMILES string of the molecule is C[Si](C)(COP(=O)(O)OC[C@H]1O[C@@H](n2cnc3c(=O)[nH]c(N)nc32)C[C@@H]1O)c1ccc2ccc3cccc4ccc1c2c34. The lowest BCUT2D eigenvalue weighted by Gasteiger charge is -2.27. The molecule has 5 N–H and O–H groups in total. The van der Waals surface area contributed by atoms with Gasteiger partial charge in [0.2, 0.25) is 5.95 Å². The number of H-pyrrole nitrogens is 1. The van der Waals surface area contributed by atoms with Crippen LogP contribution in [0.3, 0.4) is 0 Å². The summed E-state index contributed by atoms with van der Waals surface area (Å²) >= 11 is 0. The van der Waals surface area contributed by atoms with Crippen LogP contribution in [0.25, 0.3) is 43.5 Å². The fourth-order valence-corrected chi connectivity index (χ4v) is 10.0. The van der Waals surface area contributed by atoms with Gasteiger partial charge in [-0.2, -0.15) is 4.98 Å². The monoisotopic (exact) mass is 619 g/mol. The van der Waals surface area contributed by atoms with Crippen LogP contribution in [0.15, 0.2) is 65.7 Å². The second-order valence-electron chi connectivity index (χ2n) is 11.6. The first kappa shape index (κ1) is 28.1. The quantitative estimate of drug-likeness (QED) is 0.112. The number of aromatic amines is 1. The first-order valence-electron chi connectivity index (χ1n) is 13.9. The van der Waals surface area contributed by atoms with Gasteiger partial charge in [0.15, 0.2) is 11.2 Å². The number of phosphoric acid groups is 1. The Morgan fingerprint density at radius 3 is 2.56 bits per heavy atom. The maximum atomic E-state index is 13.0. The lowest BCUT2D eigenvalue weighted by atomic mass is 9.94. The number of nitrogens with zero attached hydrogens (tertiary/aromatic N) is 3. The molecule has 1 aliphatic heterocycles. The number of hydrogen-bond acceptors (Lipinski definition) is 9. The van der Waals surface area contributed by atoms with Gasteiger partial charge in [-0.05, 0) is 37.5 Å². The Bertz CT molecular complexity index is 2100. The molecule has 43 heavy (non-hydrogen) atoms. The van der Waals surface area contributed by atoms with Crippen molar-refractivity contribution in [3.8, 4) is 0 Å². The van der Waals surface area contributed by atoms with Gasteiger partial charge >= 0.3 is 7.82 Å². The fraction of sp³-hybridized carbons (Fsp3) is 0.276. The zero-order valence-electron chi connectivity index (χ0n) is 23.4. The number of aromatic nitrogens is 4. The van der Waals surface area contributed by atoms with Gasteiger partial charge in [0.05, 0.1) is 25.3 Å². The summed E-state index contributed by atoms with van der Waals surface area (Å²) in [4.78, 5) is 33.2. The van der Waals surface area contributed by atoms with E-state index in [4.69, 9.17) is 19.5 Å². The zero-order valence-corrected chi connectivity index (χ0v) is 25.3. The molecular formula is C29H30N5O7PSi. The molecule has 7 rings (SSSR count). The zero-order chi connectivity index (χ0) is 30.1. The van der Waals surface area contributed by atoms with Gasteiger partial charge < -0.3 is 20.5 Å². The molecule has 1 fully saturated rings. The number of nitrogen functional groups attached to an aromatic ring is 1. The van der Waals surface area contributed by atoms with Gasteiger partial charge in [0.1, 0.15) is 20.4 Å². The van der Waals surface area contributed by atoms with E-state index in [0.717, 1.165) is 16.0 Å². The molecule has 1 unspecified atom stereocenters. The van der Waals surface area contributed by atoms with E-state index in [1.807, 2.05) is 0 Å². The highest BCUT2D eigenvalue weighted by molar-refractivity contribution is 7.47. The van der Waals surface area contributed by atoms with Gasteiger partial charge in [-0.25, -0.2) is 9.55 Å². The van der Waals surface area contributed by atoms with Crippen LogP contribution >= 0.6 is 7.82 Å². The summed E-state index contributed by atoms with van der Waals surface area (Å²) in [6, 6.07) is 19.0. The number of benzene rings is 4. The molecule has 12 nitrogen and oxygen atoms in total. The summed E-state index contributed by atoms with van der Waals surface area (Å²) in [5.41, 5.74) is 5.46. The first-order chi connectivity index (χ1) is 20.5. The van der Waals surface area contributed by atoms with Crippen LogP contribution in [0, 0.1) is 0 Å². The number of aliphatic hydroxyl groups excluding tert-OH is 1. The molecule has 4 atom stereocenters. The molecule has 1 aliphatic rings. The minimum Gasteiger partial charge on any atom is -0.390 e. The molecule has 0 bridgehead atoms. The summed E-state index contributed by atoms with van der Waals surface area (Å²) < 4.78 is 31.2. The molecule has 0 amide bonds. The van der Waals surface area contributed by atoms with Crippen LogP contribution in [0.5, 0.6) is 0 Å². The summed E-state index contributed by atoms with van der Waals surface area (Å²) in [5, 5.41) is 18.7. The predicted molar refractivity (Wildman–Crippen MR) is 166 cm³/mol. The molecule has 222 valence electrons. The maximum absolute atomic E-state index is 13.0.